The molecule has 2 aromatic carbocycles. The second-order valence-corrected chi connectivity index (χ2v) is 11.5. The van der Waals surface area contributed by atoms with Gasteiger partial charge < -0.3 is 15.0 Å². The largest absolute Gasteiger partial charge is 0.444 e. The third-order valence-corrected chi connectivity index (χ3v) is 7.10. The van der Waals surface area contributed by atoms with Gasteiger partial charge in [-0.1, -0.05) is 29.8 Å². The summed E-state index contributed by atoms with van der Waals surface area (Å²) in [6.07, 6.45) is -0.714. The lowest BCUT2D eigenvalue weighted by Crippen LogP contribution is -2.58. The zero-order chi connectivity index (χ0) is 25.3. The summed E-state index contributed by atoms with van der Waals surface area (Å²) in [6.45, 7) is 3.77. The Labute approximate surface area is 202 Å². The zero-order valence-electron chi connectivity index (χ0n) is 18.9. The summed E-state index contributed by atoms with van der Waals surface area (Å²) < 4.78 is 56.4. The molecule has 0 saturated carbocycles. The summed E-state index contributed by atoms with van der Waals surface area (Å²) in [7, 11) is -3.78. The van der Waals surface area contributed by atoms with Gasteiger partial charge in [0.05, 0.1) is 28.8 Å². The molecule has 1 fully saturated rings. The number of benzene rings is 2. The molecular formula is C23H25ClF2N2O5S. The molecule has 11 heteroatoms. The number of likely N-dealkylation sites (tertiary alicyclic amines) is 1. The Morgan fingerprint density at radius 2 is 1.68 bits per heavy atom. The van der Waals surface area contributed by atoms with E-state index in [9.17, 15) is 26.8 Å². The summed E-state index contributed by atoms with van der Waals surface area (Å²) in [6, 6.07) is 10.8. The first-order valence-electron chi connectivity index (χ1n) is 10.4. The summed E-state index contributed by atoms with van der Waals surface area (Å²) in [4.78, 5) is 24.9. The van der Waals surface area contributed by atoms with E-state index in [1.807, 2.05) is 0 Å². The van der Waals surface area contributed by atoms with Crippen LogP contribution in [0.5, 0.6) is 0 Å². The molecule has 1 aliphatic rings. The van der Waals surface area contributed by atoms with Crippen LogP contribution in [-0.4, -0.2) is 62.2 Å². The van der Waals surface area contributed by atoms with Crippen molar-refractivity contribution in [1.29, 1.82) is 0 Å². The number of carbonyl (C=O) groups excluding carboxylic acids is 2. The Kier molecular flexibility index (Phi) is 7.23. The molecule has 1 N–H and O–H groups in total. The molecular weight excluding hydrogens is 490 g/mol. The molecule has 1 saturated heterocycles. The number of rotatable bonds is 6. The van der Waals surface area contributed by atoms with Crippen molar-refractivity contribution in [2.45, 2.75) is 37.2 Å². The molecule has 0 bridgehead atoms. The van der Waals surface area contributed by atoms with Gasteiger partial charge in [-0.15, -0.1) is 0 Å². The molecule has 1 heterocycles. The van der Waals surface area contributed by atoms with Gasteiger partial charge in [-0.05, 0) is 56.2 Å². The highest BCUT2D eigenvalue weighted by molar-refractivity contribution is 7.91. The molecule has 3 rings (SSSR count). The van der Waals surface area contributed by atoms with Crippen LogP contribution in [0.3, 0.4) is 0 Å². The second-order valence-electron chi connectivity index (χ2n) is 8.99. The van der Waals surface area contributed by atoms with Crippen molar-refractivity contribution >= 4 is 33.4 Å². The Bertz CT molecular complexity index is 1190. The van der Waals surface area contributed by atoms with Crippen molar-refractivity contribution in [2.24, 2.45) is 0 Å². The molecule has 2 amide bonds. The molecule has 0 unspecified atom stereocenters. The molecule has 0 aromatic heterocycles. The zero-order valence-corrected chi connectivity index (χ0v) is 20.5. The fourth-order valence-corrected chi connectivity index (χ4v) is 5.04. The standard InChI is InChI=1S/C23H25ClF2N2O5S/c1-22(2,3)33-21(30)27-10-11-34(31,32)19-9-8-17(12-18(19)24)15-4-6-16(7-5-15)20(29)28-13-23(25,26)14-28/h4-9,12H,10-11,13-14H2,1-3H3,(H,27,30). The van der Waals surface area contributed by atoms with E-state index in [0.717, 1.165) is 4.90 Å². The van der Waals surface area contributed by atoms with Gasteiger partial charge in [-0.25, -0.2) is 22.0 Å². The van der Waals surface area contributed by atoms with Crippen molar-refractivity contribution < 1.29 is 31.5 Å². The Balaban J connectivity index is 1.65. The quantitative estimate of drug-likeness (QED) is 0.617. The number of sulfone groups is 1. The average Bonchev–Trinajstić information content (AvgIpc) is 2.69. The molecule has 184 valence electrons. The summed E-state index contributed by atoms with van der Waals surface area (Å²) >= 11 is 6.25. The topological polar surface area (TPSA) is 92.8 Å². The molecule has 0 atom stereocenters. The predicted molar refractivity (Wildman–Crippen MR) is 124 cm³/mol. The minimum atomic E-state index is -3.78. The summed E-state index contributed by atoms with van der Waals surface area (Å²) in [5.74, 6) is -3.67. The number of alkyl halides is 2. The van der Waals surface area contributed by atoms with Crippen LogP contribution in [0, 0.1) is 0 Å². The fraction of sp³-hybridized carbons (Fsp3) is 0.391. The normalized spacial score (nSPS) is 15.4. The third kappa shape index (κ3) is 6.44. The van der Waals surface area contributed by atoms with Crippen molar-refractivity contribution in [3.63, 3.8) is 0 Å². The minimum absolute atomic E-state index is 0.0118. The number of amides is 2. The maximum absolute atomic E-state index is 13.0. The number of halogens is 3. The lowest BCUT2D eigenvalue weighted by molar-refractivity contribution is -0.113. The Morgan fingerprint density at radius 3 is 2.21 bits per heavy atom. The number of nitrogens with one attached hydrogen (secondary N) is 1. The van der Waals surface area contributed by atoms with Gasteiger partial charge in [0.15, 0.2) is 9.84 Å². The number of nitrogens with zero attached hydrogens (tertiary/aromatic N) is 1. The Morgan fingerprint density at radius 1 is 1.09 bits per heavy atom. The molecule has 0 aliphatic carbocycles. The van der Waals surface area contributed by atoms with Crippen LogP contribution in [0.4, 0.5) is 13.6 Å². The maximum atomic E-state index is 13.0. The van der Waals surface area contributed by atoms with Crippen molar-refractivity contribution in [3.8, 4) is 11.1 Å². The lowest BCUT2D eigenvalue weighted by atomic mass is 10.0. The lowest BCUT2D eigenvalue weighted by Gasteiger charge is -2.38. The van der Waals surface area contributed by atoms with E-state index in [4.69, 9.17) is 16.3 Å². The van der Waals surface area contributed by atoms with E-state index in [0.29, 0.717) is 11.1 Å². The smallest absolute Gasteiger partial charge is 0.407 e. The van der Waals surface area contributed by atoms with Gasteiger partial charge in [0.1, 0.15) is 5.60 Å². The van der Waals surface area contributed by atoms with Crippen molar-refractivity contribution in [2.75, 3.05) is 25.4 Å². The van der Waals surface area contributed by atoms with E-state index in [1.165, 1.54) is 24.3 Å². The van der Waals surface area contributed by atoms with Crippen LogP contribution in [0.2, 0.25) is 5.02 Å². The van der Waals surface area contributed by atoms with Gasteiger partial charge in [0.25, 0.3) is 11.8 Å². The van der Waals surface area contributed by atoms with Crippen molar-refractivity contribution in [3.05, 3.63) is 53.1 Å². The third-order valence-electron chi connectivity index (χ3n) is 4.90. The van der Waals surface area contributed by atoms with Crippen LogP contribution in [0.15, 0.2) is 47.4 Å². The minimum Gasteiger partial charge on any atom is -0.444 e. The highest BCUT2D eigenvalue weighted by atomic mass is 35.5. The summed E-state index contributed by atoms with van der Waals surface area (Å²) in [5, 5.41) is 2.41. The highest BCUT2D eigenvalue weighted by Crippen LogP contribution is 2.31. The van der Waals surface area contributed by atoms with Gasteiger partial charge >= 0.3 is 6.09 Å². The maximum Gasteiger partial charge on any atom is 0.407 e. The van der Waals surface area contributed by atoms with E-state index < -0.39 is 46.5 Å². The monoisotopic (exact) mass is 514 g/mol. The molecule has 2 aromatic rings. The fourth-order valence-electron chi connectivity index (χ4n) is 3.29. The van der Waals surface area contributed by atoms with E-state index >= 15 is 0 Å². The second kappa shape index (κ2) is 9.50. The number of carbonyl (C=O) groups is 2. The van der Waals surface area contributed by atoms with Crippen LogP contribution < -0.4 is 5.32 Å². The van der Waals surface area contributed by atoms with E-state index in [2.05, 4.69) is 5.32 Å². The van der Waals surface area contributed by atoms with Crippen LogP contribution in [0.1, 0.15) is 31.1 Å². The Hall–Kier alpha value is -2.72. The first-order chi connectivity index (χ1) is 15.7. The molecule has 1 aliphatic heterocycles. The van der Waals surface area contributed by atoms with E-state index in [1.54, 1.807) is 39.0 Å². The highest BCUT2D eigenvalue weighted by Gasteiger charge is 2.46. The SMILES string of the molecule is CC(C)(C)OC(=O)NCCS(=O)(=O)c1ccc(-c2ccc(C(=O)N3CC(F)(F)C3)cc2)cc1Cl. The first-order valence-corrected chi connectivity index (χ1v) is 12.5. The number of ether oxygens (including phenoxy) is 1. The van der Waals surface area contributed by atoms with Crippen molar-refractivity contribution in [1.82, 2.24) is 10.2 Å². The molecule has 0 spiro atoms. The van der Waals surface area contributed by atoms with Crippen LogP contribution in [-0.2, 0) is 14.6 Å². The number of hydrogen-bond donors (Lipinski definition) is 1. The van der Waals surface area contributed by atoms with Crippen LogP contribution in [0.25, 0.3) is 11.1 Å². The van der Waals surface area contributed by atoms with Crippen LogP contribution >= 0.6 is 11.6 Å². The molecule has 34 heavy (non-hydrogen) atoms. The first kappa shape index (κ1) is 25.9. The molecule has 7 nitrogen and oxygen atoms in total. The number of alkyl carbamates (subject to hydrolysis) is 1. The summed E-state index contributed by atoms with van der Waals surface area (Å²) in [5.41, 5.74) is 0.868. The molecule has 0 radical (unpaired) electrons. The van der Waals surface area contributed by atoms with Gasteiger partial charge in [0, 0.05) is 12.1 Å². The van der Waals surface area contributed by atoms with Gasteiger partial charge in [-0.2, -0.15) is 0 Å². The average molecular weight is 515 g/mol. The number of hydrogen-bond acceptors (Lipinski definition) is 5. The van der Waals surface area contributed by atoms with Gasteiger partial charge in [0.2, 0.25) is 0 Å². The van der Waals surface area contributed by atoms with Gasteiger partial charge in [-0.3, -0.25) is 4.79 Å². The predicted octanol–water partition coefficient (Wildman–Crippen LogP) is 4.40. The van der Waals surface area contributed by atoms with E-state index in [-0.39, 0.29) is 27.8 Å².